The van der Waals surface area contributed by atoms with Crippen LogP contribution in [0.25, 0.3) is 0 Å². The highest BCUT2D eigenvalue weighted by Crippen LogP contribution is 2.48. The van der Waals surface area contributed by atoms with Gasteiger partial charge in [0.15, 0.2) is 0 Å². The third-order valence-corrected chi connectivity index (χ3v) is 5.18. The minimum atomic E-state index is -0.561. The summed E-state index contributed by atoms with van der Waals surface area (Å²) in [4.78, 5) is 36.3. The van der Waals surface area contributed by atoms with E-state index >= 15 is 0 Å². The number of methoxy groups -OCH3 is 2. The minimum Gasteiger partial charge on any atom is -0.465 e. The highest BCUT2D eigenvalue weighted by atomic mass is 16.5. The normalized spacial score (nSPS) is 24.5. The molecule has 3 rings (SSSR count). The van der Waals surface area contributed by atoms with Gasteiger partial charge in [-0.05, 0) is 49.3 Å². The van der Waals surface area contributed by atoms with Crippen molar-refractivity contribution in [1.82, 2.24) is 0 Å². The summed E-state index contributed by atoms with van der Waals surface area (Å²) in [6.07, 6.45) is 4.32. The molecule has 3 atom stereocenters. The van der Waals surface area contributed by atoms with Crippen molar-refractivity contribution >= 4 is 23.5 Å². The predicted octanol–water partition coefficient (Wildman–Crippen LogP) is 2.63. The molecule has 2 fully saturated rings. The first-order chi connectivity index (χ1) is 11.5. The Morgan fingerprint density at radius 3 is 2.38 bits per heavy atom. The molecule has 2 bridgehead atoms. The number of nitrogens with one attached hydrogen (secondary N) is 1. The van der Waals surface area contributed by atoms with Gasteiger partial charge in [-0.2, -0.15) is 0 Å². The van der Waals surface area contributed by atoms with E-state index in [1.807, 2.05) is 0 Å². The molecule has 2 aliphatic rings. The molecule has 6 heteroatoms. The largest absolute Gasteiger partial charge is 0.465 e. The topological polar surface area (TPSA) is 81.7 Å². The Morgan fingerprint density at radius 1 is 1.04 bits per heavy atom. The van der Waals surface area contributed by atoms with Crippen LogP contribution < -0.4 is 5.32 Å². The summed E-state index contributed by atoms with van der Waals surface area (Å²) >= 11 is 0. The number of carbonyl (C=O) groups excluding carboxylic acids is 3. The molecule has 2 aliphatic carbocycles. The van der Waals surface area contributed by atoms with Crippen LogP contribution in [0, 0.1) is 17.8 Å². The van der Waals surface area contributed by atoms with E-state index in [0.29, 0.717) is 11.8 Å². The van der Waals surface area contributed by atoms with Crippen molar-refractivity contribution in [3.8, 4) is 0 Å². The maximum Gasteiger partial charge on any atom is 0.339 e. The number of anilines is 1. The number of fused-ring (bicyclic) bond motifs is 2. The summed E-state index contributed by atoms with van der Waals surface area (Å²) in [5, 5.41) is 2.82. The van der Waals surface area contributed by atoms with Crippen LogP contribution in [0.15, 0.2) is 18.2 Å². The van der Waals surface area contributed by atoms with Crippen LogP contribution in [0.5, 0.6) is 0 Å². The predicted molar refractivity (Wildman–Crippen MR) is 86.7 cm³/mol. The van der Waals surface area contributed by atoms with Crippen molar-refractivity contribution in [3.05, 3.63) is 29.3 Å². The number of esters is 2. The quantitative estimate of drug-likeness (QED) is 0.858. The molecule has 6 nitrogen and oxygen atoms in total. The van der Waals surface area contributed by atoms with Crippen LogP contribution in [0.3, 0.4) is 0 Å². The molecule has 0 radical (unpaired) electrons. The molecule has 0 spiro atoms. The fraction of sp³-hybridized carbons (Fsp3) is 0.500. The van der Waals surface area contributed by atoms with Gasteiger partial charge in [-0.15, -0.1) is 0 Å². The van der Waals surface area contributed by atoms with Gasteiger partial charge in [-0.25, -0.2) is 9.59 Å². The first-order valence-corrected chi connectivity index (χ1v) is 8.15. The van der Waals surface area contributed by atoms with Crippen LogP contribution in [0.2, 0.25) is 0 Å². The summed E-state index contributed by atoms with van der Waals surface area (Å²) < 4.78 is 9.45. The standard InChI is InChI=1S/C18H21NO5/c1-23-17(21)12-5-6-13(18(22)24-2)15(9-12)19-16(20)14-8-10-3-4-11(14)7-10/h5-6,9-11,14H,3-4,7-8H2,1-2H3,(H,19,20)/t10-,11+,14+/m0/s1. The lowest BCUT2D eigenvalue weighted by Gasteiger charge is -2.21. The van der Waals surface area contributed by atoms with E-state index in [9.17, 15) is 14.4 Å². The third kappa shape index (κ3) is 3.00. The minimum absolute atomic E-state index is 0.0176. The zero-order valence-corrected chi connectivity index (χ0v) is 13.8. The Bertz CT molecular complexity index is 684. The maximum atomic E-state index is 12.6. The summed E-state index contributed by atoms with van der Waals surface area (Å²) in [7, 11) is 2.56. The Morgan fingerprint density at radius 2 is 1.79 bits per heavy atom. The van der Waals surface area contributed by atoms with Crippen molar-refractivity contribution < 1.29 is 23.9 Å². The number of hydrogen-bond donors (Lipinski definition) is 1. The summed E-state index contributed by atoms with van der Waals surface area (Å²) in [6, 6.07) is 4.41. The van der Waals surface area contributed by atoms with E-state index in [1.165, 1.54) is 38.8 Å². The average molecular weight is 331 g/mol. The van der Waals surface area contributed by atoms with Crippen LogP contribution in [0.1, 0.15) is 46.4 Å². The molecule has 0 heterocycles. The van der Waals surface area contributed by atoms with E-state index in [4.69, 9.17) is 9.47 Å². The summed E-state index contributed by atoms with van der Waals surface area (Å²) in [5.74, 6) is -0.116. The molecule has 24 heavy (non-hydrogen) atoms. The summed E-state index contributed by atoms with van der Waals surface area (Å²) in [6.45, 7) is 0. The summed E-state index contributed by atoms with van der Waals surface area (Å²) in [5.41, 5.74) is 0.785. The van der Waals surface area contributed by atoms with E-state index < -0.39 is 11.9 Å². The van der Waals surface area contributed by atoms with E-state index in [1.54, 1.807) is 0 Å². The van der Waals surface area contributed by atoms with E-state index in [2.05, 4.69) is 5.32 Å². The lowest BCUT2D eigenvalue weighted by atomic mass is 9.88. The smallest absolute Gasteiger partial charge is 0.339 e. The molecule has 1 aromatic carbocycles. The number of benzene rings is 1. The highest BCUT2D eigenvalue weighted by Gasteiger charge is 2.43. The zero-order valence-electron chi connectivity index (χ0n) is 13.8. The molecule has 1 N–H and O–H groups in total. The molecule has 2 saturated carbocycles. The van der Waals surface area contributed by atoms with Gasteiger partial charge in [-0.1, -0.05) is 6.42 Å². The van der Waals surface area contributed by atoms with Gasteiger partial charge in [0, 0.05) is 5.92 Å². The van der Waals surface area contributed by atoms with Gasteiger partial charge >= 0.3 is 11.9 Å². The van der Waals surface area contributed by atoms with Crippen molar-refractivity contribution in [3.63, 3.8) is 0 Å². The van der Waals surface area contributed by atoms with Gasteiger partial charge in [0.1, 0.15) is 0 Å². The van der Waals surface area contributed by atoms with Gasteiger partial charge in [0.05, 0.1) is 31.0 Å². The van der Waals surface area contributed by atoms with E-state index in [0.717, 1.165) is 19.3 Å². The Hall–Kier alpha value is -2.37. The van der Waals surface area contributed by atoms with Crippen LogP contribution in [0.4, 0.5) is 5.69 Å². The lowest BCUT2D eigenvalue weighted by Crippen LogP contribution is -2.28. The number of carbonyl (C=O) groups is 3. The number of hydrogen-bond acceptors (Lipinski definition) is 5. The van der Waals surface area contributed by atoms with Crippen molar-refractivity contribution in [2.45, 2.75) is 25.7 Å². The number of ether oxygens (including phenoxy) is 2. The second-order valence-electron chi connectivity index (χ2n) is 6.51. The monoisotopic (exact) mass is 331 g/mol. The van der Waals surface area contributed by atoms with Crippen molar-refractivity contribution in [2.24, 2.45) is 17.8 Å². The molecular formula is C18H21NO5. The zero-order chi connectivity index (χ0) is 17.3. The van der Waals surface area contributed by atoms with E-state index in [-0.39, 0.29) is 28.6 Å². The van der Waals surface area contributed by atoms with Crippen molar-refractivity contribution in [1.29, 1.82) is 0 Å². The third-order valence-electron chi connectivity index (χ3n) is 5.18. The van der Waals surface area contributed by atoms with Gasteiger partial charge < -0.3 is 14.8 Å². The van der Waals surface area contributed by atoms with Gasteiger partial charge in [0.25, 0.3) is 0 Å². The van der Waals surface area contributed by atoms with Gasteiger partial charge in [0.2, 0.25) is 5.91 Å². The van der Waals surface area contributed by atoms with Crippen molar-refractivity contribution in [2.75, 3.05) is 19.5 Å². The first kappa shape index (κ1) is 16.5. The Balaban J connectivity index is 1.85. The highest BCUT2D eigenvalue weighted by molar-refractivity contribution is 6.04. The maximum absolute atomic E-state index is 12.6. The fourth-order valence-electron chi connectivity index (χ4n) is 3.97. The molecule has 1 amide bonds. The fourth-order valence-corrected chi connectivity index (χ4v) is 3.97. The molecule has 128 valence electrons. The van der Waals surface area contributed by atoms with Gasteiger partial charge in [-0.3, -0.25) is 4.79 Å². The number of amides is 1. The molecule has 0 saturated heterocycles. The molecule has 0 aliphatic heterocycles. The van der Waals surface area contributed by atoms with Crippen LogP contribution in [-0.4, -0.2) is 32.1 Å². The first-order valence-electron chi connectivity index (χ1n) is 8.15. The molecule has 0 aromatic heterocycles. The Labute approximate surface area is 140 Å². The number of rotatable bonds is 4. The van der Waals surface area contributed by atoms with Crippen LogP contribution >= 0.6 is 0 Å². The SMILES string of the molecule is COC(=O)c1ccc(C(=O)OC)c(NC(=O)[C@@H]2C[C@H]3CC[C@@H]2C3)c1. The van der Waals surface area contributed by atoms with Crippen LogP contribution in [-0.2, 0) is 14.3 Å². The molecule has 0 unspecified atom stereocenters. The second kappa shape index (κ2) is 6.63. The second-order valence-corrected chi connectivity index (χ2v) is 6.51. The average Bonchev–Trinajstić information content (AvgIpc) is 3.23. The molecular weight excluding hydrogens is 310 g/mol. The molecule has 1 aromatic rings. The lowest BCUT2D eigenvalue weighted by molar-refractivity contribution is -0.121. The Kier molecular flexibility index (Phi) is 4.55.